The molecular formula is C27H31Cl2N3OS. The average molecular weight is 517 g/mol. The summed E-state index contributed by atoms with van der Waals surface area (Å²) in [7, 11) is 0. The first-order chi connectivity index (χ1) is 15.8. The monoisotopic (exact) mass is 515 g/mol. The van der Waals surface area contributed by atoms with Crippen LogP contribution in [0.3, 0.4) is 0 Å². The number of halogens is 2. The first-order valence-electron chi connectivity index (χ1n) is 11.4. The average Bonchev–Trinajstić information content (AvgIpc) is 3.17. The molecule has 1 aliphatic rings. The van der Waals surface area contributed by atoms with Gasteiger partial charge in [0.25, 0.3) is 0 Å². The molecule has 0 saturated carbocycles. The van der Waals surface area contributed by atoms with E-state index < -0.39 is 0 Å². The van der Waals surface area contributed by atoms with Crippen LogP contribution in [0.25, 0.3) is 10.2 Å². The molecule has 2 heterocycles. The maximum atomic E-state index is 12.4. The van der Waals surface area contributed by atoms with Gasteiger partial charge >= 0.3 is 4.87 Å². The van der Waals surface area contributed by atoms with Crippen LogP contribution in [0.1, 0.15) is 23.6 Å². The van der Waals surface area contributed by atoms with Crippen molar-refractivity contribution in [2.45, 2.75) is 19.0 Å². The van der Waals surface area contributed by atoms with Crippen molar-refractivity contribution in [1.82, 2.24) is 14.4 Å². The number of para-hydroxylation sites is 1. The number of hydrogen-bond donors (Lipinski definition) is 0. The molecule has 1 aromatic heterocycles. The Hall–Kier alpha value is -2.15. The normalized spacial score (nSPS) is 14.6. The van der Waals surface area contributed by atoms with Gasteiger partial charge < -0.3 is 4.90 Å². The van der Waals surface area contributed by atoms with Crippen LogP contribution in [0.5, 0.6) is 0 Å². The van der Waals surface area contributed by atoms with E-state index in [1.54, 1.807) is 0 Å². The van der Waals surface area contributed by atoms with Crippen LogP contribution in [0.2, 0.25) is 0 Å². The number of hydrogen-bond acceptors (Lipinski definition) is 4. The lowest BCUT2D eigenvalue weighted by Crippen LogP contribution is -2.48. The highest BCUT2D eigenvalue weighted by Crippen LogP contribution is 2.29. The first-order valence-corrected chi connectivity index (χ1v) is 12.3. The number of rotatable bonds is 7. The molecule has 1 aliphatic heterocycles. The second kappa shape index (κ2) is 12.5. The molecule has 4 aromatic rings. The third-order valence-corrected chi connectivity index (χ3v) is 7.39. The van der Waals surface area contributed by atoms with Gasteiger partial charge in [-0.25, -0.2) is 0 Å². The molecule has 7 heteroatoms. The topological polar surface area (TPSA) is 28.5 Å². The fraction of sp³-hybridized carbons (Fsp3) is 0.296. The summed E-state index contributed by atoms with van der Waals surface area (Å²) >= 11 is 1.35. The van der Waals surface area contributed by atoms with Gasteiger partial charge in [0, 0.05) is 32.7 Å². The molecule has 180 valence electrons. The molecule has 0 unspecified atom stereocenters. The van der Waals surface area contributed by atoms with Gasteiger partial charge in [-0.3, -0.25) is 14.3 Å². The van der Waals surface area contributed by atoms with Crippen molar-refractivity contribution >= 4 is 46.4 Å². The third-order valence-electron chi connectivity index (χ3n) is 6.43. The van der Waals surface area contributed by atoms with E-state index in [0.717, 1.165) is 55.9 Å². The van der Waals surface area contributed by atoms with Crippen LogP contribution in [0, 0.1) is 0 Å². The Balaban J connectivity index is 0.00000162. The zero-order chi connectivity index (χ0) is 21.8. The molecule has 3 aromatic carbocycles. The quantitative estimate of drug-likeness (QED) is 0.315. The van der Waals surface area contributed by atoms with Crippen molar-refractivity contribution in [3.8, 4) is 0 Å². The highest BCUT2D eigenvalue weighted by Gasteiger charge is 2.26. The molecule has 0 bridgehead atoms. The van der Waals surface area contributed by atoms with E-state index in [1.807, 2.05) is 22.8 Å². The standard InChI is InChI=1S/C27H29N3OS.2ClH/c31-27-30(24-14-7-8-15-25(24)32-27)17-9-16-28-18-20-29(21-19-28)26(22-10-3-1-4-11-22)23-12-5-2-6-13-23;;/h1-8,10-15,26H,9,16-21H2;2*1H. The Morgan fingerprint density at radius 1 is 0.706 bits per heavy atom. The predicted molar refractivity (Wildman–Crippen MR) is 148 cm³/mol. The number of thiazole rings is 1. The van der Waals surface area contributed by atoms with Gasteiger partial charge in [-0.05, 0) is 36.2 Å². The SMILES string of the molecule is Cl.Cl.O=c1sc2ccccc2n1CCCN1CCN(C(c2ccccc2)c2ccccc2)CC1. The number of piperazine rings is 1. The van der Waals surface area contributed by atoms with Gasteiger partial charge in [0.2, 0.25) is 0 Å². The van der Waals surface area contributed by atoms with Crippen molar-refractivity contribution in [1.29, 1.82) is 0 Å². The second-order valence-corrected chi connectivity index (χ2v) is 9.44. The Labute approximate surface area is 217 Å². The van der Waals surface area contributed by atoms with Gasteiger partial charge in [0.1, 0.15) is 0 Å². The Morgan fingerprint density at radius 3 is 1.88 bits per heavy atom. The molecule has 0 N–H and O–H groups in total. The van der Waals surface area contributed by atoms with Crippen molar-refractivity contribution in [3.63, 3.8) is 0 Å². The van der Waals surface area contributed by atoms with Crippen LogP contribution in [0.4, 0.5) is 0 Å². The van der Waals surface area contributed by atoms with Gasteiger partial charge in [0.05, 0.1) is 16.3 Å². The summed E-state index contributed by atoms with van der Waals surface area (Å²) in [6, 6.07) is 30.1. The fourth-order valence-corrected chi connectivity index (χ4v) is 5.73. The molecule has 1 fully saturated rings. The number of aryl methyl sites for hydroxylation is 1. The van der Waals surface area contributed by atoms with Crippen LogP contribution >= 0.6 is 36.2 Å². The van der Waals surface area contributed by atoms with Crippen molar-refractivity contribution in [2.75, 3.05) is 32.7 Å². The molecule has 34 heavy (non-hydrogen) atoms. The van der Waals surface area contributed by atoms with E-state index >= 15 is 0 Å². The van der Waals surface area contributed by atoms with Gasteiger partial charge in [-0.1, -0.05) is 84.1 Å². The lowest BCUT2D eigenvalue weighted by molar-refractivity contribution is 0.108. The zero-order valence-electron chi connectivity index (χ0n) is 19.1. The molecule has 0 radical (unpaired) electrons. The summed E-state index contributed by atoms with van der Waals surface area (Å²) in [6.45, 7) is 6.06. The van der Waals surface area contributed by atoms with Gasteiger partial charge in [-0.15, -0.1) is 24.8 Å². The van der Waals surface area contributed by atoms with Crippen molar-refractivity contribution < 1.29 is 0 Å². The van der Waals surface area contributed by atoms with Crippen LogP contribution < -0.4 is 4.87 Å². The van der Waals surface area contributed by atoms with Gasteiger partial charge in [-0.2, -0.15) is 0 Å². The minimum absolute atomic E-state index is 0. The Morgan fingerprint density at radius 2 is 1.26 bits per heavy atom. The summed E-state index contributed by atoms with van der Waals surface area (Å²) in [4.78, 5) is 17.7. The summed E-state index contributed by atoms with van der Waals surface area (Å²) in [6.07, 6.45) is 1.00. The van der Waals surface area contributed by atoms with Crippen LogP contribution in [-0.2, 0) is 6.54 Å². The van der Waals surface area contributed by atoms with E-state index in [1.165, 1.54) is 22.5 Å². The molecule has 1 saturated heterocycles. The first kappa shape index (κ1) is 26.5. The summed E-state index contributed by atoms with van der Waals surface area (Å²) in [5.74, 6) is 0. The fourth-order valence-electron chi connectivity index (χ4n) is 4.81. The molecular weight excluding hydrogens is 485 g/mol. The third kappa shape index (κ3) is 5.91. The van der Waals surface area contributed by atoms with E-state index in [4.69, 9.17) is 0 Å². The van der Waals surface area contributed by atoms with E-state index in [9.17, 15) is 4.79 Å². The van der Waals surface area contributed by atoms with Crippen LogP contribution in [-0.4, -0.2) is 47.1 Å². The van der Waals surface area contributed by atoms with E-state index in [-0.39, 0.29) is 29.7 Å². The number of aromatic nitrogens is 1. The highest BCUT2D eigenvalue weighted by atomic mass is 35.5. The lowest BCUT2D eigenvalue weighted by atomic mass is 9.96. The minimum Gasteiger partial charge on any atom is -0.301 e. The van der Waals surface area contributed by atoms with Gasteiger partial charge in [0.15, 0.2) is 0 Å². The summed E-state index contributed by atoms with van der Waals surface area (Å²) in [5.41, 5.74) is 3.78. The molecule has 0 atom stereocenters. The molecule has 0 aliphatic carbocycles. The smallest absolute Gasteiger partial charge is 0.301 e. The Kier molecular flexibility index (Phi) is 9.74. The number of fused-ring (bicyclic) bond motifs is 1. The summed E-state index contributed by atoms with van der Waals surface area (Å²) < 4.78 is 3.02. The predicted octanol–water partition coefficient (Wildman–Crippen LogP) is 5.70. The maximum absolute atomic E-state index is 12.4. The highest BCUT2D eigenvalue weighted by molar-refractivity contribution is 7.16. The van der Waals surface area contributed by atoms with E-state index in [2.05, 4.69) is 76.5 Å². The Bertz CT molecular complexity index is 1170. The molecule has 5 rings (SSSR count). The number of nitrogens with zero attached hydrogens (tertiary/aromatic N) is 3. The van der Waals surface area contributed by atoms with Crippen molar-refractivity contribution in [2.24, 2.45) is 0 Å². The zero-order valence-corrected chi connectivity index (χ0v) is 21.5. The van der Waals surface area contributed by atoms with Crippen LogP contribution in [0.15, 0.2) is 89.7 Å². The van der Waals surface area contributed by atoms with Crippen molar-refractivity contribution in [3.05, 3.63) is 106 Å². The minimum atomic E-state index is 0. The molecule has 0 spiro atoms. The lowest BCUT2D eigenvalue weighted by Gasteiger charge is -2.39. The largest absolute Gasteiger partial charge is 0.308 e. The summed E-state index contributed by atoms with van der Waals surface area (Å²) in [5, 5.41) is 0. The molecule has 0 amide bonds. The molecule has 4 nitrogen and oxygen atoms in total. The van der Waals surface area contributed by atoms with E-state index in [0.29, 0.717) is 6.04 Å². The second-order valence-electron chi connectivity index (χ2n) is 8.44. The number of benzene rings is 3. The maximum Gasteiger partial charge on any atom is 0.308 e.